The molecule has 0 aliphatic carbocycles. The van der Waals surface area contributed by atoms with Gasteiger partial charge in [-0.25, -0.2) is 0 Å². The summed E-state index contributed by atoms with van der Waals surface area (Å²) >= 11 is 0. The Balaban J connectivity index is 2.12. The van der Waals surface area contributed by atoms with Crippen LogP contribution in [0.3, 0.4) is 0 Å². The van der Waals surface area contributed by atoms with E-state index in [1.165, 1.54) is 31.4 Å². The minimum Gasteiger partial charge on any atom is -0.352 e. The van der Waals surface area contributed by atoms with E-state index < -0.39 is 0 Å². The van der Waals surface area contributed by atoms with Gasteiger partial charge in [-0.3, -0.25) is 0 Å². The molecule has 0 amide bonds. The number of hydrogen-bond donors (Lipinski definition) is 1. The molecule has 0 atom stereocenters. The summed E-state index contributed by atoms with van der Waals surface area (Å²) in [4.78, 5) is 0. The van der Waals surface area contributed by atoms with E-state index in [0.29, 0.717) is 0 Å². The van der Waals surface area contributed by atoms with Crippen molar-refractivity contribution in [3.05, 3.63) is 0 Å². The first kappa shape index (κ1) is 5.32. The first-order valence-electron chi connectivity index (χ1n) is 3.00. The normalized spacial score (nSPS) is 25.3. The summed E-state index contributed by atoms with van der Waals surface area (Å²) in [5.74, 6) is 0. The molecule has 0 aromatic heterocycles. The molecule has 0 aromatic carbocycles. The van der Waals surface area contributed by atoms with Crippen molar-refractivity contribution in [3.8, 4) is 0 Å². The van der Waals surface area contributed by atoms with E-state index in [0.717, 1.165) is 0 Å². The maximum Gasteiger partial charge on any atom is 0.130 e. The second-order valence-electron chi connectivity index (χ2n) is 2.22. The van der Waals surface area contributed by atoms with Crippen molar-refractivity contribution < 1.29 is 0 Å². The third-order valence-corrected chi connectivity index (χ3v) is 3.49. The molecule has 0 unspecified atom stereocenters. The van der Waals surface area contributed by atoms with Crippen LogP contribution in [0.5, 0.6) is 0 Å². The van der Waals surface area contributed by atoms with Gasteiger partial charge in [0, 0.05) is 0 Å². The van der Waals surface area contributed by atoms with Crippen LogP contribution in [0.1, 0.15) is 19.3 Å². The Bertz CT molecular complexity index is 50.0. The molecule has 0 bridgehead atoms. The highest BCUT2D eigenvalue weighted by Gasteiger charge is 2.09. The van der Waals surface area contributed by atoms with Crippen LogP contribution in [-0.2, 0) is 0 Å². The van der Waals surface area contributed by atoms with Crippen LogP contribution in [0.15, 0.2) is 0 Å². The van der Waals surface area contributed by atoms with E-state index in [-0.39, 0.29) is 8.96 Å². The van der Waals surface area contributed by atoms with Gasteiger partial charge in [0.15, 0.2) is 0 Å². The Morgan fingerprint density at radius 1 is 1.00 bits per heavy atom. The maximum atomic E-state index is 5.74. The Morgan fingerprint density at radius 3 is 1.86 bits per heavy atom. The van der Waals surface area contributed by atoms with Crippen molar-refractivity contribution in [2.24, 2.45) is 5.40 Å². The van der Waals surface area contributed by atoms with Crippen molar-refractivity contribution in [2.45, 2.75) is 31.4 Å². The standard InChI is InChI=1S/C5H12NSi/c6-7-4-2-1-3-5-7/h1-6H2. The molecule has 0 spiro atoms. The highest BCUT2D eigenvalue weighted by Crippen LogP contribution is 2.14. The first-order valence-corrected chi connectivity index (χ1v) is 4.99. The second-order valence-corrected chi connectivity index (χ2v) is 4.54. The zero-order valence-corrected chi connectivity index (χ0v) is 5.61. The van der Waals surface area contributed by atoms with Crippen molar-refractivity contribution >= 4 is 8.96 Å². The largest absolute Gasteiger partial charge is 0.352 e. The molecule has 0 aromatic rings. The van der Waals surface area contributed by atoms with Crippen molar-refractivity contribution in [2.75, 3.05) is 0 Å². The quantitative estimate of drug-likeness (QED) is 0.469. The van der Waals surface area contributed by atoms with Crippen molar-refractivity contribution in [3.63, 3.8) is 0 Å². The second kappa shape index (κ2) is 2.48. The van der Waals surface area contributed by atoms with E-state index in [2.05, 4.69) is 0 Å². The highest BCUT2D eigenvalue weighted by atomic mass is 28.3. The van der Waals surface area contributed by atoms with Crippen molar-refractivity contribution in [1.29, 1.82) is 0 Å². The van der Waals surface area contributed by atoms with E-state index in [9.17, 15) is 0 Å². The summed E-state index contributed by atoms with van der Waals surface area (Å²) in [6.45, 7) is 0. The van der Waals surface area contributed by atoms with Crippen LogP contribution >= 0.6 is 0 Å². The monoisotopic (exact) mass is 114 g/mol. The predicted octanol–water partition coefficient (Wildman–Crippen LogP) is 1.12. The fraction of sp³-hybridized carbons (Fsp3) is 1.00. The van der Waals surface area contributed by atoms with Crippen molar-refractivity contribution in [1.82, 2.24) is 0 Å². The molecule has 1 aliphatic heterocycles. The van der Waals surface area contributed by atoms with Gasteiger partial charge in [-0.05, 0) is 12.1 Å². The fourth-order valence-electron chi connectivity index (χ4n) is 1.01. The van der Waals surface area contributed by atoms with Crippen LogP contribution in [0.2, 0.25) is 12.1 Å². The van der Waals surface area contributed by atoms with Gasteiger partial charge in [-0.15, -0.1) is 0 Å². The summed E-state index contributed by atoms with van der Waals surface area (Å²) in [5.41, 5.74) is 0. The molecule has 1 rings (SSSR count). The molecular formula is C5H12NSi. The van der Waals surface area contributed by atoms with Crippen LogP contribution in [0.25, 0.3) is 0 Å². The molecule has 7 heavy (non-hydrogen) atoms. The molecule has 1 nitrogen and oxygen atoms in total. The highest BCUT2D eigenvalue weighted by molar-refractivity contribution is 6.55. The summed E-state index contributed by atoms with van der Waals surface area (Å²) in [6, 6.07) is 2.73. The molecular weight excluding hydrogens is 102 g/mol. The van der Waals surface area contributed by atoms with E-state index in [4.69, 9.17) is 5.40 Å². The number of nitrogens with two attached hydrogens (primary N) is 1. The van der Waals surface area contributed by atoms with Gasteiger partial charge in [0.05, 0.1) is 0 Å². The Labute approximate surface area is 46.6 Å². The maximum absolute atomic E-state index is 5.74. The van der Waals surface area contributed by atoms with Gasteiger partial charge in [0.2, 0.25) is 0 Å². The lowest BCUT2D eigenvalue weighted by Crippen LogP contribution is -2.26. The van der Waals surface area contributed by atoms with Gasteiger partial charge in [0.25, 0.3) is 0 Å². The van der Waals surface area contributed by atoms with E-state index in [1.807, 2.05) is 0 Å². The van der Waals surface area contributed by atoms with Gasteiger partial charge >= 0.3 is 0 Å². The lowest BCUT2D eigenvalue weighted by molar-refractivity contribution is 0.722. The zero-order valence-electron chi connectivity index (χ0n) is 4.61. The summed E-state index contributed by atoms with van der Waals surface area (Å²) in [5, 5.41) is 5.74. The lowest BCUT2D eigenvalue weighted by Gasteiger charge is -2.13. The fourth-order valence-corrected chi connectivity index (χ4v) is 2.66. The molecule has 1 aliphatic rings. The number of rotatable bonds is 0. The van der Waals surface area contributed by atoms with Gasteiger partial charge in [-0.2, -0.15) is 0 Å². The molecule has 1 radical (unpaired) electrons. The molecule has 2 heteroatoms. The smallest absolute Gasteiger partial charge is 0.130 e. The summed E-state index contributed by atoms with van der Waals surface area (Å²) in [7, 11) is -0.293. The van der Waals surface area contributed by atoms with Gasteiger partial charge in [0.1, 0.15) is 8.96 Å². The minimum atomic E-state index is -0.293. The molecule has 1 fully saturated rings. The lowest BCUT2D eigenvalue weighted by atomic mass is 10.3. The SMILES string of the molecule is N[Si]1CCCCC1. The third kappa shape index (κ3) is 1.61. The van der Waals surface area contributed by atoms with Gasteiger partial charge < -0.3 is 5.40 Å². The van der Waals surface area contributed by atoms with E-state index >= 15 is 0 Å². The van der Waals surface area contributed by atoms with Crippen LogP contribution in [0.4, 0.5) is 0 Å². The zero-order chi connectivity index (χ0) is 5.11. The molecule has 2 N–H and O–H groups in total. The van der Waals surface area contributed by atoms with Crippen LogP contribution in [-0.4, -0.2) is 8.96 Å². The predicted molar refractivity (Wildman–Crippen MR) is 33.4 cm³/mol. The van der Waals surface area contributed by atoms with Gasteiger partial charge in [-0.1, -0.05) is 19.3 Å². The molecule has 0 saturated carbocycles. The summed E-state index contributed by atoms with van der Waals surface area (Å²) in [6.07, 6.45) is 4.25. The topological polar surface area (TPSA) is 26.0 Å². The summed E-state index contributed by atoms with van der Waals surface area (Å²) < 4.78 is 0. The molecule has 1 heterocycles. The average molecular weight is 114 g/mol. The average Bonchev–Trinajstić information content (AvgIpc) is 1.69. The Morgan fingerprint density at radius 2 is 1.57 bits per heavy atom. The van der Waals surface area contributed by atoms with Crippen LogP contribution in [0, 0.1) is 0 Å². The molecule has 1 saturated heterocycles. The van der Waals surface area contributed by atoms with E-state index in [1.54, 1.807) is 0 Å². The number of hydrogen-bond acceptors (Lipinski definition) is 1. The minimum absolute atomic E-state index is 0.293. The Kier molecular flexibility index (Phi) is 1.88. The Hall–Kier alpha value is 0.177. The first-order chi connectivity index (χ1) is 3.39. The third-order valence-electron chi connectivity index (χ3n) is 1.50. The van der Waals surface area contributed by atoms with Crippen LogP contribution < -0.4 is 5.40 Å². The molecule has 41 valence electrons.